The minimum absolute atomic E-state index is 0.165. The molecule has 0 saturated heterocycles. The number of aryl methyl sites for hydroxylation is 2. The van der Waals surface area contributed by atoms with Crippen molar-refractivity contribution in [1.29, 1.82) is 0 Å². The van der Waals surface area contributed by atoms with E-state index >= 15 is 0 Å². The Morgan fingerprint density at radius 1 is 1.41 bits per heavy atom. The fourth-order valence-electron chi connectivity index (χ4n) is 2.89. The van der Waals surface area contributed by atoms with E-state index in [4.69, 9.17) is 12.2 Å². The van der Waals surface area contributed by atoms with E-state index in [2.05, 4.69) is 17.3 Å². The SMILES string of the molecule is CCCCCC(=O)Nn1c(=S)[nH]c2sc3c(c2c1=O)CCC3. The van der Waals surface area contributed by atoms with Crippen molar-refractivity contribution in [3.05, 3.63) is 25.6 Å². The van der Waals surface area contributed by atoms with Crippen LogP contribution in [0.5, 0.6) is 0 Å². The van der Waals surface area contributed by atoms with Gasteiger partial charge in [0, 0.05) is 11.3 Å². The standard InChI is InChI=1S/C15H19N3O2S2/c1-2-3-4-8-11(19)17-18-14(20)12-9-6-5-7-10(9)22-13(12)16-15(18)21/h2-8H2,1H3,(H,16,21)(H,17,19). The number of unbranched alkanes of at least 4 members (excludes halogenated alkanes) is 2. The summed E-state index contributed by atoms with van der Waals surface area (Å²) in [6, 6.07) is 0. The van der Waals surface area contributed by atoms with Crippen LogP contribution in [0.2, 0.25) is 0 Å². The number of fused-ring (bicyclic) bond motifs is 3. The van der Waals surface area contributed by atoms with Gasteiger partial charge in [0.15, 0.2) is 0 Å². The Bertz CT molecular complexity index is 832. The summed E-state index contributed by atoms with van der Waals surface area (Å²) in [4.78, 5) is 29.9. The molecule has 22 heavy (non-hydrogen) atoms. The number of hydrogen-bond donors (Lipinski definition) is 2. The summed E-state index contributed by atoms with van der Waals surface area (Å²) in [6.45, 7) is 2.09. The van der Waals surface area contributed by atoms with Crippen molar-refractivity contribution in [3.63, 3.8) is 0 Å². The first-order valence-corrected chi connectivity index (χ1v) is 8.93. The van der Waals surface area contributed by atoms with Crippen LogP contribution in [0.4, 0.5) is 0 Å². The van der Waals surface area contributed by atoms with E-state index in [1.807, 2.05) is 0 Å². The van der Waals surface area contributed by atoms with Crippen molar-refractivity contribution in [2.75, 3.05) is 5.43 Å². The number of nitrogens with one attached hydrogen (secondary N) is 2. The van der Waals surface area contributed by atoms with E-state index in [0.29, 0.717) is 11.8 Å². The number of hydrogen-bond acceptors (Lipinski definition) is 4. The van der Waals surface area contributed by atoms with Gasteiger partial charge in [0.25, 0.3) is 5.56 Å². The van der Waals surface area contributed by atoms with Gasteiger partial charge in [-0.2, -0.15) is 4.68 Å². The molecule has 0 aliphatic heterocycles. The highest BCUT2D eigenvalue weighted by molar-refractivity contribution is 7.71. The van der Waals surface area contributed by atoms with Gasteiger partial charge in [0.1, 0.15) is 4.83 Å². The van der Waals surface area contributed by atoms with E-state index in [-0.39, 0.29) is 16.2 Å². The molecule has 2 aromatic heterocycles. The number of H-pyrrole nitrogens is 1. The molecule has 1 aliphatic rings. The molecule has 2 N–H and O–H groups in total. The predicted octanol–water partition coefficient (Wildman–Crippen LogP) is 3.26. The molecule has 0 aromatic carbocycles. The zero-order valence-electron chi connectivity index (χ0n) is 12.5. The number of aromatic nitrogens is 2. The lowest BCUT2D eigenvalue weighted by Gasteiger charge is -2.08. The largest absolute Gasteiger partial charge is 0.322 e. The molecule has 2 aromatic rings. The summed E-state index contributed by atoms with van der Waals surface area (Å²) < 4.78 is 1.44. The molecule has 0 unspecified atom stereocenters. The topological polar surface area (TPSA) is 66.9 Å². The van der Waals surface area contributed by atoms with Gasteiger partial charge in [-0.3, -0.25) is 15.0 Å². The van der Waals surface area contributed by atoms with E-state index in [1.54, 1.807) is 11.3 Å². The van der Waals surface area contributed by atoms with Gasteiger partial charge in [-0.15, -0.1) is 11.3 Å². The van der Waals surface area contributed by atoms with E-state index in [1.165, 1.54) is 9.55 Å². The molecule has 0 saturated carbocycles. The molecule has 0 spiro atoms. The van der Waals surface area contributed by atoms with Crippen molar-refractivity contribution in [2.24, 2.45) is 0 Å². The Hall–Kier alpha value is -1.47. The number of thiophene rings is 1. The van der Waals surface area contributed by atoms with Gasteiger partial charge < -0.3 is 4.98 Å². The average Bonchev–Trinajstić information content (AvgIpc) is 3.03. The molecule has 0 bridgehead atoms. The molecule has 0 radical (unpaired) electrons. The third-order valence-electron chi connectivity index (χ3n) is 4.01. The van der Waals surface area contributed by atoms with Crippen LogP contribution in [-0.2, 0) is 17.6 Å². The normalized spacial score (nSPS) is 13.5. The molecule has 1 amide bonds. The highest BCUT2D eigenvalue weighted by Crippen LogP contribution is 2.34. The minimum atomic E-state index is -0.206. The van der Waals surface area contributed by atoms with E-state index in [0.717, 1.165) is 48.9 Å². The summed E-state index contributed by atoms with van der Waals surface area (Å²) in [7, 11) is 0. The molecule has 3 rings (SSSR count). The maximum atomic E-state index is 12.7. The number of carbonyl (C=O) groups is 1. The van der Waals surface area contributed by atoms with Crippen molar-refractivity contribution < 1.29 is 4.79 Å². The Morgan fingerprint density at radius 2 is 2.23 bits per heavy atom. The summed E-state index contributed by atoms with van der Waals surface area (Å²) in [5, 5.41) is 0.694. The number of nitrogens with zero attached hydrogens (tertiary/aromatic N) is 1. The molecule has 1 aliphatic carbocycles. The fourth-order valence-corrected chi connectivity index (χ4v) is 4.47. The zero-order chi connectivity index (χ0) is 15.7. The van der Waals surface area contributed by atoms with Gasteiger partial charge in [0.05, 0.1) is 5.39 Å². The first kappa shape index (κ1) is 15.4. The van der Waals surface area contributed by atoms with Crippen LogP contribution >= 0.6 is 23.6 Å². The maximum Gasteiger partial charge on any atom is 0.282 e. The Morgan fingerprint density at radius 3 is 3.00 bits per heavy atom. The third-order valence-corrected chi connectivity index (χ3v) is 5.50. The molecule has 2 heterocycles. The van der Waals surface area contributed by atoms with Crippen LogP contribution in [0.25, 0.3) is 10.2 Å². The number of rotatable bonds is 5. The average molecular weight is 337 g/mol. The van der Waals surface area contributed by atoms with Crippen LogP contribution in [0.15, 0.2) is 4.79 Å². The lowest BCUT2D eigenvalue weighted by atomic mass is 10.2. The number of carbonyl (C=O) groups excluding carboxylic acids is 1. The Balaban J connectivity index is 1.95. The predicted molar refractivity (Wildman–Crippen MR) is 91.8 cm³/mol. The smallest absolute Gasteiger partial charge is 0.282 e. The molecule has 7 heteroatoms. The lowest BCUT2D eigenvalue weighted by Crippen LogP contribution is -2.34. The molecule has 0 fully saturated rings. The second-order valence-corrected chi connectivity index (χ2v) is 7.12. The molecule has 5 nitrogen and oxygen atoms in total. The van der Waals surface area contributed by atoms with Crippen molar-refractivity contribution in [3.8, 4) is 0 Å². The highest BCUT2D eigenvalue weighted by Gasteiger charge is 2.21. The van der Waals surface area contributed by atoms with E-state index < -0.39 is 0 Å². The zero-order valence-corrected chi connectivity index (χ0v) is 14.2. The van der Waals surface area contributed by atoms with Crippen LogP contribution < -0.4 is 11.0 Å². The van der Waals surface area contributed by atoms with E-state index in [9.17, 15) is 9.59 Å². The van der Waals surface area contributed by atoms with Crippen molar-refractivity contribution in [2.45, 2.75) is 51.9 Å². The minimum Gasteiger partial charge on any atom is -0.322 e. The molecular formula is C15H19N3O2S2. The summed E-state index contributed by atoms with van der Waals surface area (Å²) >= 11 is 6.84. The summed E-state index contributed by atoms with van der Waals surface area (Å²) in [5.41, 5.74) is 3.57. The first-order chi connectivity index (χ1) is 10.6. The molecule has 0 atom stereocenters. The monoisotopic (exact) mass is 337 g/mol. The number of aromatic amines is 1. The maximum absolute atomic E-state index is 12.7. The second kappa shape index (κ2) is 6.34. The summed E-state index contributed by atoms with van der Waals surface area (Å²) in [6.07, 6.45) is 6.35. The third kappa shape index (κ3) is 2.75. The van der Waals surface area contributed by atoms with Gasteiger partial charge in [-0.1, -0.05) is 19.8 Å². The number of amides is 1. The van der Waals surface area contributed by atoms with Crippen LogP contribution in [-0.4, -0.2) is 15.6 Å². The van der Waals surface area contributed by atoms with Crippen molar-refractivity contribution in [1.82, 2.24) is 9.66 Å². The van der Waals surface area contributed by atoms with Gasteiger partial charge in [0.2, 0.25) is 10.7 Å². The van der Waals surface area contributed by atoms with Crippen LogP contribution in [0, 0.1) is 4.77 Å². The van der Waals surface area contributed by atoms with Gasteiger partial charge >= 0.3 is 0 Å². The van der Waals surface area contributed by atoms with Crippen molar-refractivity contribution >= 4 is 39.7 Å². The lowest BCUT2D eigenvalue weighted by molar-refractivity contribution is -0.117. The Labute approximate surface area is 137 Å². The fraction of sp³-hybridized carbons (Fsp3) is 0.533. The molecular weight excluding hydrogens is 318 g/mol. The van der Waals surface area contributed by atoms with Crippen LogP contribution in [0.3, 0.4) is 0 Å². The van der Waals surface area contributed by atoms with Gasteiger partial charge in [-0.25, -0.2) is 0 Å². The second-order valence-electron chi connectivity index (χ2n) is 5.62. The van der Waals surface area contributed by atoms with Crippen LogP contribution in [0.1, 0.15) is 49.5 Å². The summed E-state index contributed by atoms with van der Waals surface area (Å²) in [5.74, 6) is -0.165. The van der Waals surface area contributed by atoms with Gasteiger partial charge in [-0.05, 0) is 43.5 Å². The highest BCUT2D eigenvalue weighted by atomic mass is 32.1. The Kier molecular flexibility index (Phi) is 4.44. The quantitative estimate of drug-likeness (QED) is 0.650. The molecule has 118 valence electrons. The first-order valence-electron chi connectivity index (χ1n) is 7.71.